The van der Waals surface area contributed by atoms with Crippen LogP contribution < -0.4 is 20.1 Å². The van der Waals surface area contributed by atoms with E-state index in [0.29, 0.717) is 34.9 Å². The van der Waals surface area contributed by atoms with Gasteiger partial charge in [0.2, 0.25) is 5.91 Å². The van der Waals surface area contributed by atoms with Crippen LogP contribution >= 0.6 is 0 Å². The standard InChI is InChI=1S/C21H26N2O4/c1-21(2,3)13-19(24)22-15-11-18(27-5)16(12-17(15)26-4)23-20(25)14-9-7-6-8-10-14/h6-12H,13H2,1-5H3,(H,22,24)(H,23,25). The highest BCUT2D eigenvalue weighted by Gasteiger charge is 2.19. The molecule has 0 unspecified atom stereocenters. The predicted octanol–water partition coefficient (Wildman–Crippen LogP) is 4.33. The third-order valence-electron chi connectivity index (χ3n) is 3.77. The maximum atomic E-state index is 12.4. The minimum Gasteiger partial charge on any atom is -0.494 e. The van der Waals surface area contributed by atoms with E-state index in [1.54, 1.807) is 36.4 Å². The fourth-order valence-electron chi connectivity index (χ4n) is 2.55. The van der Waals surface area contributed by atoms with Crippen molar-refractivity contribution in [2.45, 2.75) is 27.2 Å². The van der Waals surface area contributed by atoms with E-state index in [1.807, 2.05) is 26.8 Å². The summed E-state index contributed by atoms with van der Waals surface area (Å²) in [4.78, 5) is 24.7. The van der Waals surface area contributed by atoms with Gasteiger partial charge in [0.25, 0.3) is 5.91 Å². The Morgan fingerprint density at radius 1 is 0.889 bits per heavy atom. The SMILES string of the molecule is COc1cc(NC(=O)c2ccccc2)c(OC)cc1NC(=O)CC(C)(C)C. The van der Waals surface area contributed by atoms with Gasteiger partial charge in [-0.25, -0.2) is 0 Å². The number of carbonyl (C=O) groups excluding carboxylic acids is 2. The summed E-state index contributed by atoms with van der Waals surface area (Å²) in [6, 6.07) is 12.1. The number of anilines is 2. The average Bonchev–Trinajstić information content (AvgIpc) is 2.61. The van der Waals surface area contributed by atoms with Gasteiger partial charge in [-0.15, -0.1) is 0 Å². The molecular formula is C21H26N2O4. The molecule has 0 aliphatic carbocycles. The van der Waals surface area contributed by atoms with Crippen LogP contribution in [0.1, 0.15) is 37.6 Å². The number of hydrogen-bond acceptors (Lipinski definition) is 4. The summed E-state index contributed by atoms with van der Waals surface area (Å²) in [7, 11) is 3.00. The number of methoxy groups -OCH3 is 2. The van der Waals surface area contributed by atoms with Crippen molar-refractivity contribution in [3.63, 3.8) is 0 Å². The van der Waals surface area contributed by atoms with Crippen molar-refractivity contribution in [2.24, 2.45) is 5.41 Å². The maximum Gasteiger partial charge on any atom is 0.255 e. The van der Waals surface area contributed by atoms with E-state index in [2.05, 4.69) is 10.6 Å². The van der Waals surface area contributed by atoms with E-state index >= 15 is 0 Å². The molecule has 0 saturated heterocycles. The van der Waals surface area contributed by atoms with Gasteiger partial charge in [0.15, 0.2) is 0 Å². The van der Waals surface area contributed by atoms with Gasteiger partial charge in [0.05, 0.1) is 25.6 Å². The summed E-state index contributed by atoms with van der Waals surface area (Å²) in [5.41, 5.74) is 1.34. The number of hydrogen-bond donors (Lipinski definition) is 2. The highest BCUT2D eigenvalue weighted by molar-refractivity contribution is 6.05. The summed E-state index contributed by atoms with van der Waals surface area (Å²) < 4.78 is 10.8. The van der Waals surface area contributed by atoms with Crippen LogP contribution in [0.25, 0.3) is 0 Å². The molecule has 0 bridgehead atoms. The molecule has 0 aliphatic heterocycles. The fraction of sp³-hybridized carbons (Fsp3) is 0.333. The van der Waals surface area contributed by atoms with Crippen LogP contribution in [0.5, 0.6) is 11.5 Å². The van der Waals surface area contributed by atoms with Gasteiger partial charge in [0.1, 0.15) is 11.5 Å². The lowest BCUT2D eigenvalue weighted by atomic mass is 9.92. The second-order valence-corrected chi connectivity index (χ2v) is 7.36. The molecule has 27 heavy (non-hydrogen) atoms. The molecule has 2 aromatic rings. The summed E-state index contributed by atoms with van der Waals surface area (Å²) in [5, 5.41) is 5.66. The van der Waals surface area contributed by atoms with E-state index in [-0.39, 0.29) is 17.2 Å². The summed E-state index contributed by atoms with van der Waals surface area (Å²) in [6.45, 7) is 5.98. The number of amides is 2. The van der Waals surface area contributed by atoms with E-state index in [9.17, 15) is 9.59 Å². The summed E-state index contributed by atoms with van der Waals surface area (Å²) in [5.74, 6) is 0.469. The topological polar surface area (TPSA) is 76.7 Å². The van der Waals surface area contributed by atoms with Crippen molar-refractivity contribution in [2.75, 3.05) is 24.9 Å². The molecule has 2 rings (SSSR count). The lowest BCUT2D eigenvalue weighted by molar-refractivity contribution is -0.117. The predicted molar refractivity (Wildman–Crippen MR) is 107 cm³/mol. The molecular weight excluding hydrogens is 344 g/mol. The van der Waals surface area contributed by atoms with Crippen molar-refractivity contribution in [3.8, 4) is 11.5 Å². The second kappa shape index (κ2) is 8.58. The third kappa shape index (κ3) is 5.74. The Morgan fingerprint density at radius 3 is 1.89 bits per heavy atom. The van der Waals surface area contributed by atoms with E-state index in [1.165, 1.54) is 14.2 Å². The third-order valence-corrected chi connectivity index (χ3v) is 3.77. The van der Waals surface area contributed by atoms with Gasteiger partial charge in [-0.2, -0.15) is 0 Å². The molecule has 2 amide bonds. The van der Waals surface area contributed by atoms with Crippen LogP contribution in [0, 0.1) is 5.41 Å². The monoisotopic (exact) mass is 370 g/mol. The smallest absolute Gasteiger partial charge is 0.255 e. The van der Waals surface area contributed by atoms with Crippen LogP contribution in [0.3, 0.4) is 0 Å². The summed E-state index contributed by atoms with van der Waals surface area (Å²) >= 11 is 0. The molecule has 0 atom stereocenters. The Balaban J connectivity index is 2.27. The van der Waals surface area contributed by atoms with Gasteiger partial charge in [-0.1, -0.05) is 39.0 Å². The Hall–Kier alpha value is -3.02. The Morgan fingerprint density at radius 2 is 1.41 bits per heavy atom. The van der Waals surface area contributed by atoms with E-state index in [0.717, 1.165) is 0 Å². The Kier molecular flexibility index (Phi) is 6.45. The zero-order valence-corrected chi connectivity index (χ0v) is 16.4. The quantitative estimate of drug-likeness (QED) is 0.793. The first-order chi connectivity index (χ1) is 12.7. The van der Waals surface area contributed by atoms with Crippen molar-refractivity contribution >= 4 is 23.2 Å². The molecule has 2 aromatic carbocycles. The van der Waals surface area contributed by atoms with Crippen LogP contribution in [0.4, 0.5) is 11.4 Å². The first-order valence-corrected chi connectivity index (χ1v) is 8.66. The second-order valence-electron chi connectivity index (χ2n) is 7.36. The van der Waals surface area contributed by atoms with Crippen LogP contribution in [0.15, 0.2) is 42.5 Å². The molecule has 0 radical (unpaired) electrons. The number of carbonyl (C=O) groups is 2. The van der Waals surface area contributed by atoms with Crippen molar-refractivity contribution in [1.29, 1.82) is 0 Å². The molecule has 0 fully saturated rings. The van der Waals surface area contributed by atoms with Gasteiger partial charge in [0, 0.05) is 24.1 Å². The number of ether oxygens (including phenoxy) is 2. The Bertz CT molecular complexity index is 811. The lowest BCUT2D eigenvalue weighted by Crippen LogP contribution is -2.20. The molecule has 2 N–H and O–H groups in total. The van der Waals surface area contributed by atoms with E-state index in [4.69, 9.17) is 9.47 Å². The number of nitrogens with one attached hydrogen (secondary N) is 2. The van der Waals surface area contributed by atoms with Gasteiger partial charge < -0.3 is 20.1 Å². The van der Waals surface area contributed by atoms with Crippen molar-refractivity contribution < 1.29 is 19.1 Å². The van der Waals surface area contributed by atoms with Gasteiger partial charge in [-0.05, 0) is 17.5 Å². The molecule has 0 aliphatic rings. The maximum absolute atomic E-state index is 12.4. The van der Waals surface area contributed by atoms with Crippen molar-refractivity contribution in [3.05, 3.63) is 48.0 Å². The highest BCUT2D eigenvalue weighted by Crippen LogP contribution is 2.37. The minimum absolute atomic E-state index is 0.121. The normalized spacial score (nSPS) is 10.9. The Labute approximate surface area is 159 Å². The molecule has 0 aromatic heterocycles. The molecule has 6 heteroatoms. The zero-order chi connectivity index (χ0) is 20.0. The number of rotatable bonds is 6. The number of benzene rings is 2. The minimum atomic E-state index is -0.263. The first-order valence-electron chi connectivity index (χ1n) is 8.66. The average molecular weight is 370 g/mol. The zero-order valence-electron chi connectivity index (χ0n) is 16.4. The summed E-state index contributed by atoms with van der Waals surface area (Å²) in [6.07, 6.45) is 0.366. The largest absolute Gasteiger partial charge is 0.494 e. The van der Waals surface area contributed by atoms with Crippen LogP contribution in [-0.2, 0) is 4.79 Å². The van der Waals surface area contributed by atoms with Gasteiger partial charge >= 0.3 is 0 Å². The molecule has 0 spiro atoms. The lowest BCUT2D eigenvalue weighted by Gasteiger charge is -2.19. The van der Waals surface area contributed by atoms with Crippen LogP contribution in [-0.4, -0.2) is 26.0 Å². The first kappa shape index (κ1) is 20.3. The highest BCUT2D eigenvalue weighted by atomic mass is 16.5. The van der Waals surface area contributed by atoms with E-state index < -0.39 is 0 Å². The van der Waals surface area contributed by atoms with Crippen molar-refractivity contribution in [1.82, 2.24) is 0 Å². The molecule has 144 valence electrons. The fourth-order valence-corrected chi connectivity index (χ4v) is 2.55. The molecule has 6 nitrogen and oxygen atoms in total. The molecule has 0 heterocycles. The molecule has 0 saturated carbocycles. The van der Waals surface area contributed by atoms with Crippen LogP contribution in [0.2, 0.25) is 0 Å². The van der Waals surface area contributed by atoms with Gasteiger partial charge in [-0.3, -0.25) is 9.59 Å².